The molecule has 4 aliphatic rings. The number of piperazine rings is 1. The molecule has 0 unspecified atom stereocenters. The molecule has 2 aromatic rings. The van der Waals surface area contributed by atoms with Crippen molar-refractivity contribution in [3.05, 3.63) is 42.1 Å². The third kappa shape index (κ3) is 2.20. The van der Waals surface area contributed by atoms with Crippen molar-refractivity contribution < 1.29 is 14.1 Å². The van der Waals surface area contributed by atoms with Crippen molar-refractivity contribution in [2.45, 2.75) is 31.3 Å². The number of carbonyl (C=O) groups excluding carboxylic acids is 2. The first-order valence-corrected chi connectivity index (χ1v) is 8.77. The van der Waals surface area contributed by atoms with Gasteiger partial charge >= 0.3 is 11.8 Å². The van der Waals surface area contributed by atoms with Gasteiger partial charge in [-0.3, -0.25) is 9.59 Å². The van der Waals surface area contributed by atoms with Gasteiger partial charge in [-0.1, -0.05) is 35.5 Å². The number of rotatable bonds is 4. The maximum Gasteiger partial charge on any atom is 0.312 e. The molecule has 0 spiro atoms. The van der Waals surface area contributed by atoms with Crippen molar-refractivity contribution in [1.29, 1.82) is 0 Å². The molecule has 128 valence electrons. The van der Waals surface area contributed by atoms with Crippen LogP contribution in [0, 0.1) is 5.92 Å². The fourth-order valence-corrected chi connectivity index (χ4v) is 4.36. The highest BCUT2D eigenvalue weighted by Gasteiger charge is 2.62. The molecule has 0 radical (unpaired) electrons. The van der Waals surface area contributed by atoms with Gasteiger partial charge < -0.3 is 14.3 Å². The zero-order chi connectivity index (χ0) is 17.0. The standard InChI is InChI=1S/C19H19N3O3/c23-17-18(24)22(19-9-13(10-19)11-19)7-6-21(17)12-15-8-16(25-20-15)14-4-2-1-3-5-14/h1-5,8,13H,6-7,9-12H2. The molecule has 25 heavy (non-hydrogen) atoms. The van der Waals surface area contributed by atoms with Crippen LogP contribution in [0.4, 0.5) is 0 Å². The van der Waals surface area contributed by atoms with Gasteiger partial charge in [-0.2, -0.15) is 0 Å². The summed E-state index contributed by atoms with van der Waals surface area (Å²) < 4.78 is 5.38. The summed E-state index contributed by atoms with van der Waals surface area (Å²) in [4.78, 5) is 28.4. The minimum Gasteiger partial charge on any atom is -0.356 e. The van der Waals surface area contributed by atoms with Gasteiger partial charge in [-0.15, -0.1) is 0 Å². The molecule has 6 nitrogen and oxygen atoms in total. The van der Waals surface area contributed by atoms with E-state index in [0.29, 0.717) is 31.1 Å². The summed E-state index contributed by atoms with van der Waals surface area (Å²) in [5.41, 5.74) is 1.62. The second-order valence-corrected chi connectivity index (χ2v) is 7.43. The molecule has 1 saturated heterocycles. The Kier molecular flexibility index (Phi) is 3.04. The number of hydrogen-bond acceptors (Lipinski definition) is 4. The Bertz CT molecular complexity index is 828. The van der Waals surface area contributed by atoms with Crippen LogP contribution >= 0.6 is 0 Å². The van der Waals surface area contributed by atoms with E-state index in [4.69, 9.17) is 4.52 Å². The average Bonchev–Trinajstić information content (AvgIpc) is 3.01. The van der Waals surface area contributed by atoms with E-state index in [0.717, 1.165) is 30.7 Å². The van der Waals surface area contributed by atoms with Gasteiger partial charge in [0.1, 0.15) is 5.69 Å². The average molecular weight is 337 g/mol. The van der Waals surface area contributed by atoms with Crippen LogP contribution in [-0.2, 0) is 16.1 Å². The van der Waals surface area contributed by atoms with Crippen LogP contribution in [0.2, 0.25) is 0 Å². The van der Waals surface area contributed by atoms with Crippen LogP contribution in [0.25, 0.3) is 11.3 Å². The largest absolute Gasteiger partial charge is 0.356 e. The summed E-state index contributed by atoms with van der Waals surface area (Å²) in [5.74, 6) is 0.686. The summed E-state index contributed by atoms with van der Waals surface area (Å²) >= 11 is 0. The van der Waals surface area contributed by atoms with Crippen LogP contribution in [0.1, 0.15) is 25.0 Å². The third-order valence-corrected chi connectivity index (χ3v) is 5.86. The molecule has 0 atom stereocenters. The third-order valence-electron chi connectivity index (χ3n) is 5.86. The second kappa shape index (κ2) is 5.18. The monoisotopic (exact) mass is 337 g/mol. The van der Waals surface area contributed by atoms with Crippen molar-refractivity contribution in [3.8, 4) is 11.3 Å². The lowest BCUT2D eigenvalue weighted by Crippen LogP contribution is -2.73. The Morgan fingerprint density at radius 1 is 1.08 bits per heavy atom. The first kappa shape index (κ1) is 14.7. The molecule has 2 bridgehead atoms. The summed E-state index contributed by atoms with van der Waals surface area (Å²) in [7, 11) is 0. The molecule has 6 heteroatoms. The molecular weight excluding hydrogens is 318 g/mol. The first-order chi connectivity index (χ1) is 12.1. The fraction of sp³-hybridized carbons (Fsp3) is 0.421. The van der Waals surface area contributed by atoms with E-state index < -0.39 is 5.91 Å². The molecule has 4 fully saturated rings. The number of carbonyl (C=O) groups is 2. The minimum absolute atomic E-state index is 0.0118. The van der Waals surface area contributed by atoms with Crippen molar-refractivity contribution in [1.82, 2.24) is 15.0 Å². The fourth-order valence-electron chi connectivity index (χ4n) is 4.36. The van der Waals surface area contributed by atoms with Crippen LogP contribution in [0.15, 0.2) is 40.9 Å². The highest BCUT2D eigenvalue weighted by atomic mass is 16.5. The van der Waals surface area contributed by atoms with Crippen LogP contribution in [0.5, 0.6) is 0 Å². The lowest BCUT2D eigenvalue weighted by atomic mass is 9.49. The number of amides is 2. The first-order valence-electron chi connectivity index (χ1n) is 8.77. The Morgan fingerprint density at radius 3 is 2.52 bits per heavy atom. The lowest BCUT2D eigenvalue weighted by molar-refractivity contribution is -0.186. The predicted octanol–water partition coefficient (Wildman–Crippen LogP) is 2.06. The summed E-state index contributed by atoms with van der Waals surface area (Å²) in [6.45, 7) is 1.50. The topological polar surface area (TPSA) is 66.7 Å². The van der Waals surface area contributed by atoms with Gasteiger partial charge in [-0.25, -0.2) is 0 Å². The van der Waals surface area contributed by atoms with E-state index in [1.165, 1.54) is 0 Å². The van der Waals surface area contributed by atoms with E-state index in [1.807, 2.05) is 41.3 Å². The Hall–Kier alpha value is -2.63. The maximum absolute atomic E-state index is 12.5. The van der Waals surface area contributed by atoms with Gasteiger partial charge in [0.05, 0.1) is 6.54 Å². The van der Waals surface area contributed by atoms with Gasteiger partial charge in [0.25, 0.3) is 0 Å². The molecule has 1 aliphatic heterocycles. The van der Waals surface area contributed by atoms with Gasteiger partial charge in [0.15, 0.2) is 5.76 Å². The predicted molar refractivity (Wildman–Crippen MR) is 89.1 cm³/mol. The number of nitrogens with zero attached hydrogens (tertiary/aromatic N) is 3. The van der Waals surface area contributed by atoms with Crippen molar-refractivity contribution in [3.63, 3.8) is 0 Å². The van der Waals surface area contributed by atoms with E-state index >= 15 is 0 Å². The molecule has 6 rings (SSSR count). The van der Waals surface area contributed by atoms with Crippen molar-refractivity contribution in [2.24, 2.45) is 5.92 Å². The summed E-state index contributed by atoms with van der Waals surface area (Å²) in [6, 6.07) is 11.5. The van der Waals surface area contributed by atoms with E-state index in [-0.39, 0.29) is 11.4 Å². The normalized spacial score (nSPS) is 27.9. The highest BCUT2D eigenvalue weighted by molar-refractivity contribution is 6.35. The highest BCUT2D eigenvalue weighted by Crippen LogP contribution is 2.60. The molecule has 1 aromatic heterocycles. The van der Waals surface area contributed by atoms with Crippen molar-refractivity contribution in [2.75, 3.05) is 13.1 Å². The molecular formula is C19H19N3O3. The number of benzene rings is 1. The number of aromatic nitrogens is 1. The Morgan fingerprint density at radius 2 is 1.84 bits per heavy atom. The minimum atomic E-state index is -0.416. The molecule has 3 aliphatic carbocycles. The smallest absolute Gasteiger partial charge is 0.312 e. The van der Waals surface area contributed by atoms with Crippen LogP contribution in [0.3, 0.4) is 0 Å². The molecule has 2 amide bonds. The van der Waals surface area contributed by atoms with Crippen LogP contribution in [-0.4, -0.2) is 45.4 Å². The van der Waals surface area contributed by atoms with E-state index in [2.05, 4.69) is 5.16 Å². The second-order valence-electron chi connectivity index (χ2n) is 7.43. The molecule has 3 saturated carbocycles. The Labute approximate surface area is 145 Å². The summed E-state index contributed by atoms with van der Waals surface area (Å²) in [5, 5.41) is 4.06. The van der Waals surface area contributed by atoms with Gasteiger partial charge in [0, 0.05) is 30.3 Å². The number of hydrogen-bond donors (Lipinski definition) is 0. The molecule has 1 aromatic carbocycles. The Balaban J connectivity index is 1.28. The molecule has 2 heterocycles. The maximum atomic E-state index is 12.5. The van der Waals surface area contributed by atoms with E-state index in [9.17, 15) is 9.59 Å². The van der Waals surface area contributed by atoms with Crippen molar-refractivity contribution >= 4 is 11.8 Å². The zero-order valence-electron chi connectivity index (χ0n) is 13.9. The zero-order valence-corrected chi connectivity index (χ0v) is 13.9. The SMILES string of the molecule is O=C1C(=O)N(C23CC(C2)C3)CCN1Cc1cc(-c2ccccc2)on1. The van der Waals surface area contributed by atoms with E-state index in [1.54, 1.807) is 4.90 Å². The van der Waals surface area contributed by atoms with Crippen LogP contribution < -0.4 is 0 Å². The summed E-state index contributed by atoms with van der Waals surface area (Å²) in [6.07, 6.45) is 3.24. The van der Waals surface area contributed by atoms with Gasteiger partial charge in [0.2, 0.25) is 0 Å². The molecule has 0 N–H and O–H groups in total. The van der Waals surface area contributed by atoms with Gasteiger partial charge in [-0.05, 0) is 25.2 Å². The quantitative estimate of drug-likeness (QED) is 0.801. The lowest BCUT2D eigenvalue weighted by Gasteiger charge is -2.66.